The normalized spacial score (nSPS) is 20.3. The number of alkyl halides is 6. The Kier molecular flexibility index (Phi) is 7.96. The standard InChI is InChI=1S/C9H14Cl6N2O4/c1-3(4(18)8(10,11)12)2-7(21,17-6(16)20)5(19)9(13,14)15/h3-5,18-19,21H,2H2,1H3,(H3,16,17,20). The molecule has 0 radical (unpaired) electrons. The predicted octanol–water partition coefficient (Wildman–Crippen LogP) is 1.83. The predicted molar refractivity (Wildman–Crippen MR) is 84.0 cm³/mol. The molecular formula is C9H14Cl6N2O4. The van der Waals surface area contributed by atoms with E-state index < -0.39 is 43.9 Å². The summed E-state index contributed by atoms with van der Waals surface area (Å²) in [5.74, 6) is -0.920. The highest BCUT2D eigenvalue weighted by molar-refractivity contribution is 6.68. The van der Waals surface area contributed by atoms with Gasteiger partial charge in [0.15, 0.2) is 5.72 Å². The van der Waals surface area contributed by atoms with Crippen LogP contribution < -0.4 is 11.1 Å². The molecule has 0 aromatic rings. The summed E-state index contributed by atoms with van der Waals surface area (Å²) in [6, 6.07) is -1.19. The van der Waals surface area contributed by atoms with Gasteiger partial charge in [-0.05, 0) is 5.92 Å². The molecule has 0 aliphatic heterocycles. The molecule has 0 rings (SSSR count). The number of rotatable bonds is 5. The average Bonchev–Trinajstić information content (AvgIpc) is 2.22. The van der Waals surface area contributed by atoms with E-state index in [0.29, 0.717) is 0 Å². The maximum absolute atomic E-state index is 11.0. The van der Waals surface area contributed by atoms with E-state index in [1.54, 1.807) is 0 Å². The topological polar surface area (TPSA) is 116 Å². The van der Waals surface area contributed by atoms with Gasteiger partial charge < -0.3 is 26.4 Å². The van der Waals surface area contributed by atoms with Crippen molar-refractivity contribution >= 4 is 75.6 Å². The van der Waals surface area contributed by atoms with E-state index in [1.807, 2.05) is 5.32 Å². The number of hydrogen-bond acceptors (Lipinski definition) is 4. The highest BCUT2D eigenvalue weighted by atomic mass is 35.6. The number of urea groups is 1. The molecule has 126 valence electrons. The van der Waals surface area contributed by atoms with Gasteiger partial charge in [-0.25, -0.2) is 4.79 Å². The number of aliphatic hydroxyl groups excluding tert-OH is 2. The minimum atomic E-state index is -2.46. The molecule has 0 bridgehead atoms. The van der Waals surface area contributed by atoms with Crippen LogP contribution in [-0.4, -0.2) is 46.9 Å². The molecule has 0 aliphatic carbocycles. The molecule has 0 aromatic heterocycles. The third-order valence-corrected chi connectivity index (χ3v) is 3.90. The minimum Gasteiger partial charge on any atom is -0.388 e. The Morgan fingerprint density at radius 2 is 1.57 bits per heavy atom. The van der Waals surface area contributed by atoms with Crippen molar-refractivity contribution in [2.75, 3.05) is 0 Å². The van der Waals surface area contributed by atoms with E-state index in [2.05, 4.69) is 0 Å². The van der Waals surface area contributed by atoms with Crippen molar-refractivity contribution in [3.8, 4) is 0 Å². The molecule has 0 spiro atoms. The maximum atomic E-state index is 11.0. The molecule has 12 heteroatoms. The second-order valence-electron chi connectivity index (χ2n) is 4.53. The molecule has 2 amide bonds. The first-order valence-corrected chi connectivity index (χ1v) is 7.67. The van der Waals surface area contributed by atoms with Crippen LogP contribution in [0.1, 0.15) is 13.3 Å². The molecule has 0 saturated carbocycles. The van der Waals surface area contributed by atoms with Crippen LogP contribution in [0, 0.1) is 5.92 Å². The first-order valence-electron chi connectivity index (χ1n) is 5.41. The molecular weight excluding hydrogens is 413 g/mol. The van der Waals surface area contributed by atoms with Crippen LogP contribution in [0.5, 0.6) is 0 Å². The highest BCUT2D eigenvalue weighted by Gasteiger charge is 2.50. The number of carbonyl (C=O) groups is 1. The van der Waals surface area contributed by atoms with Crippen LogP contribution in [0.2, 0.25) is 0 Å². The van der Waals surface area contributed by atoms with Crippen molar-refractivity contribution in [2.24, 2.45) is 11.7 Å². The molecule has 0 aliphatic rings. The second kappa shape index (κ2) is 7.64. The average molecular weight is 427 g/mol. The quantitative estimate of drug-likeness (QED) is 0.340. The van der Waals surface area contributed by atoms with Gasteiger partial charge in [-0.3, -0.25) is 0 Å². The van der Waals surface area contributed by atoms with Gasteiger partial charge in [0.1, 0.15) is 12.2 Å². The Hall–Kier alpha value is 0.890. The van der Waals surface area contributed by atoms with Crippen molar-refractivity contribution < 1.29 is 20.1 Å². The van der Waals surface area contributed by atoms with Crippen LogP contribution in [0.4, 0.5) is 4.79 Å². The van der Waals surface area contributed by atoms with E-state index in [1.165, 1.54) is 6.92 Å². The van der Waals surface area contributed by atoms with Gasteiger partial charge in [-0.2, -0.15) is 0 Å². The van der Waals surface area contributed by atoms with E-state index in [-0.39, 0.29) is 0 Å². The molecule has 4 unspecified atom stereocenters. The number of nitrogens with two attached hydrogens (primary N) is 1. The van der Waals surface area contributed by atoms with Crippen LogP contribution >= 0.6 is 69.6 Å². The zero-order valence-corrected chi connectivity index (χ0v) is 15.1. The minimum absolute atomic E-state index is 0.514. The molecule has 0 saturated heterocycles. The third kappa shape index (κ3) is 6.89. The van der Waals surface area contributed by atoms with Crippen molar-refractivity contribution in [3.63, 3.8) is 0 Å². The molecule has 6 nitrogen and oxygen atoms in total. The number of carbonyl (C=O) groups excluding carboxylic acids is 1. The summed E-state index contributed by atoms with van der Waals surface area (Å²) in [6.07, 6.45) is -4.11. The lowest BCUT2D eigenvalue weighted by molar-refractivity contribution is -0.108. The SMILES string of the molecule is CC(CC(O)(NC(N)=O)C(O)C(Cl)(Cl)Cl)C(O)C(Cl)(Cl)Cl. The molecule has 0 heterocycles. The van der Waals surface area contributed by atoms with Crippen LogP contribution in [0.3, 0.4) is 0 Å². The van der Waals surface area contributed by atoms with Gasteiger partial charge in [-0.1, -0.05) is 76.5 Å². The Balaban J connectivity index is 5.31. The summed E-state index contributed by atoms with van der Waals surface area (Å²) in [6.45, 7) is 1.38. The first kappa shape index (κ1) is 21.9. The molecule has 6 N–H and O–H groups in total. The molecule has 0 aromatic carbocycles. The highest BCUT2D eigenvalue weighted by Crippen LogP contribution is 2.40. The van der Waals surface area contributed by atoms with Gasteiger partial charge in [0.25, 0.3) is 0 Å². The summed E-state index contributed by atoms with van der Waals surface area (Å²) in [5, 5.41) is 31.9. The van der Waals surface area contributed by atoms with E-state index in [0.717, 1.165) is 0 Å². The van der Waals surface area contributed by atoms with E-state index in [4.69, 9.17) is 75.3 Å². The summed E-state index contributed by atoms with van der Waals surface area (Å²) in [7, 11) is 0. The number of halogens is 6. The lowest BCUT2D eigenvalue weighted by atomic mass is 9.91. The van der Waals surface area contributed by atoms with Gasteiger partial charge in [0.2, 0.25) is 7.59 Å². The van der Waals surface area contributed by atoms with Gasteiger partial charge in [-0.15, -0.1) is 0 Å². The number of primary amides is 1. The van der Waals surface area contributed by atoms with Crippen LogP contribution in [0.25, 0.3) is 0 Å². The second-order valence-corrected chi connectivity index (χ2v) is 9.26. The third-order valence-electron chi connectivity index (χ3n) is 2.61. The van der Waals surface area contributed by atoms with E-state index >= 15 is 0 Å². The summed E-state index contributed by atoms with van der Waals surface area (Å²) < 4.78 is -4.40. The zero-order chi connectivity index (χ0) is 17.2. The Morgan fingerprint density at radius 1 is 1.14 bits per heavy atom. The monoisotopic (exact) mass is 424 g/mol. The van der Waals surface area contributed by atoms with Crippen LogP contribution in [-0.2, 0) is 0 Å². The number of aliphatic hydroxyl groups is 3. The van der Waals surface area contributed by atoms with Crippen LogP contribution in [0.15, 0.2) is 0 Å². The Morgan fingerprint density at radius 3 is 1.86 bits per heavy atom. The fourth-order valence-electron chi connectivity index (χ4n) is 1.64. The van der Waals surface area contributed by atoms with Gasteiger partial charge >= 0.3 is 6.03 Å². The number of amides is 2. The van der Waals surface area contributed by atoms with Crippen molar-refractivity contribution in [2.45, 2.75) is 38.9 Å². The Labute approximate surface area is 151 Å². The molecule has 4 atom stereocenters. The fraction of sp³-hybridized carbons (Fsp3) is 0.889. The lowest BCUT2D eigenvalue weighted by Crippen LogP contribution is -2.63. The van der Waals surface area contributed by atoms with Crippen molar-refractivity contribution in [1.82, 2.24) is 5.32 Å². The number of nitrogens with one attached hydrogen (secondary N) is 1. The Bertz CT molecular complexity index is 374. The summed E-state index contributed by atoms with van der Waals surface area (Å²) in [5.41, 5.74) is 2.44. The largest absolute Gasteiger partial charge is 0.388 e. The molecule has 21 heavy (non-hydrogen) atoms. The zero-order valence-electron chi connectivity index (χ0n) is 10.5. The molecule has 0 fully saturated rings. The summed E-state index contributed by atoms with van der Waals surface area (Å²) in [4.78, 5) is 11.0. The first-order chi connectivity index (χ1) is 9.11. The van der Waals surface area contributed by atoms with Crippen molar-refractivity contribution in [1.29, 1.82) is 0 Å². The fourth-order valence-corrected chi connectivity index (χ4v) is 2.83. The van der Waals surface area contributed by atoms with Gasteiger partial charge in [0.05, 0.1) is 0 Å². The summed E-state index contributed by atoms with van der Waals surface area (Å²) >= 11 is 33.1. The van der Waals surface area contributed by atoms with Crippen molar-refractivity contribution in [3.05, 3.63) is 0 Å². The van der Waals surface area contributed by atoms with E-state index in [9.17, 15) is 20.1 Å². The number of hydrogen-bond donors (Lipinski definition) is 5. The smallest absolute Gasteiger partial charge is 0.314 e. The lowest BCUT2D eigenvalue weighted by Gasteiger charge is -2.39. The maximum Gasteiger partial charge on any atom is 0.314 e. The van der Waals surface area contributed by atoms with Gasteiger partial charge in [0, 0.05) is 6.42 Å².